The molecule has 2 N–H and O–H groups in total. The van der Waals surface area contributed by atoms with Gasteiger partial charge in [-0.3, -0.25) is 9.20 Å². The number of hydrogen-bond donors (Lipinski definition) is 1. The van der Waals surface area contributed by atoms with Crippen LogP contribution in [0.5, 0.6) is 0 Å². The van der Waals surface area contributed by atoms with Crippen molar-refractivity contribution in [2.45, 2.75) is 13.1 Å². The number of amides is 1. The van der Waals surface area contributed by atoms with Crippen molar-refractivity contribution in [3.05, 3.63) is 65.5 Å². The third-order valence-corrected chi connectivity index (χ3v) is 4.87. The van der Waals surface area contributed by atoms with Gasteiger partial charge in [0.1, 0.15) is 17.2 Å². The second-order valence-corrected chi connectivity index (χ2v) is 7.60. The number of nitrogens with two attached hydrogens (primary N) is 1. The normalized spacial score (nSPS) is 11.7. The Balaban J connectivity index is 2.12. The van der Waals surface area contributed by atoms with Gasteiger partial charge in [0, 0.05) is 37.1 Å². The molecule has 0 saturated carbocycles. The van der Waals surface area contributed by atoms with Gasteiger partial charge in [-0.25, -0.2) is 19.3 Å². The van der Waals surface area contributed by atoms with Gasteiger partial charge in [0.05, 0.1) is 11.4 Å². The summed E-state index contributed by atoms with van der Waals surface area (Å²) in [6.45, 7) is 1.43. The molecule has 7 nitrogen and oxygen atoms in total. The first-order valence-electron chi connectivity index (χ1n) is 9.68. The van der Waals surface area contributed by atoms with Crippen LogP contribution in [0.1, 0.15) is 21.9 Å². The first-order valence-corrected chi connectivity index (χ1v) is 9.68. The molecule has 0 aliphatic heterocycles. The summed E-state index contributed by atoms with van der Waals surface area (Å²) in [6.07, 6.45) is -3.32. The van der Waals surface area contributed by atoms with Gasteiger partial charge in [0.15, 0.2) is 11.5 Å². The van der Waals surface area contributed by atoms with Gasteiger partial charge in [-0.05, 0) is 31.2 Å². The van der Waals surface area contributed by atoms with E-state index in [0.717, 1.165) is 6.07 Å². The number of pyridine rings is 1. The molecule has 0 aliphatic rings. The third kappa shape index (κ3) is 4.09. The molecule has 0 bridgehead atoms. The molecule has 1 aromatic carbocycles. The fourth-order valence-electron chi connectivity index (χ4n) is 3.46. The first kappa shape index (κ1) is 22.2. The lowest BCUT2D eigenvalue weighted by Gasteiger charge is -2.15. The van der Waals surface area contributed by atoms with Gasteiger partial charge in [0.2, 0.25) is 0 Å². The number of benzene rings is 1. The second-order valence-electron chi connectivity index (χ2n) is 7.60. The van der Waals surface area contributed by atoms with Crippen LogP contribution in [0, 0.1) is 12.7 Å². The summed E-state index contributed by atoms with van der Waals surface area (Å²) < 4.78 is 55.9. The number of alkyl halides is 3. The number of nitrogens with zero attached hydrogens (tertiary/aromatic N) is 5. The predicted molar refractivity (Wildman–Crippen MR) is 114 cm³/mol. The molecule has 170 valence electrons. The standard InChI is InChI=1S/C22H18F4N6O/c1-11-7-13(9-16(28-11)22(24,25)26)18-17(12-5-4-6-14(23)8-12)30-19(27)20-29-15(10-32(18)20)21(33)31(2)3/h4-10H,1-3H3,(H2,27,30). The largest absolute Gasteiger partial charge is 0.433 e. The van der Waals surface area contributed by atoms with E-state index in [9.17, 15) is 22.4 Å². The van der Waals surface area contributed by atoms with Crippen LogP contribution < -0.4 is 5.73 Å². The Kier molecular flexibility index (Phi) is 5.27. The summed E-state index contributed by atoms with van der Waals surface area (Å²) in [7, 11) is 3.07. The van der Waals surface area contributed by atoms with E-state index in [1.807, 2.05) is 0 Å². The molecule has 4 rings (SSSR count). The van der Waals surface area contributed by atoms with Crippen LogP contribution in [-0.2, 0) is 6.18 Å². The van der Waals surface area contributed by atoms with E-state index in [0.29, 0.717) is 0 Å². The topological polar surface area (TPSA) is 89.4 Å². The highest BCUT2D eigenvalue weighted by Crippen LogP contribution is 2.37. The Bertz CT molecular complexity index is 1390. The molecule has 1 amide bonds. The van der Waals surface area contributed by atoms with Gasteiger partial charge in [-0.1, -0.05) is 12.1 Å². The Labute approximate surface area is 185 Å². The van der Waals surface area contributed by atoms with Crippen LogP contribution in [-0.4, -0.2) is 44.3 Å². The first-order chi connectivity index (χ1) is 15.5. The van der Waals surface area contributed by atoms with Crippen molar-refractivity contribution in [3.8, 4) is 22.5 Å². The van der Waals surface area contributed by atoms with E-state index in [2.05, 4.69) is 15.0 Å². The number of hydrogen-bond acceptors (Lipinski definition) is 5. The molecule has 0 saturated heterocycles. The van der Waals surface area contributed by atoms with E-state index in [4.69, 9.17) is 5.73 Å². The highest BCUT2D eigenvalue weighted by molar-refractivity contribution is 5.94. The number of nitrogen functional groups attached to an aromatic ring is 1. The minimum atomic E-state index is -4.69. The third-order valence-electron chi connectivity index (χ3n) is 4.87. The average Bonchev–Trinajstić information content (AvgIpc) is 3.17. The Hall–Kier alpha value is -4.02. The molecule has 3 aromatic heterocycles. The maximum Gasteiger partial charge on any atom is 0.433 e. The maximum atomic E-state index is 14.0. The molecule has 0 aliphatic carbocycles. The van der Waals surface area contributed by atoms with Crippen molar-refractivity contribution in [1.29, 1.82) is 0 Å². The minimum absolute atomic E-state index is 0.0213. The Morgan fingerprint density at radius 1 is 1.06 bits per heavy atom. The highest BCUT2D eigenvalue weighted by Gasteiger charge is 2.33. The molecule has 4 aromatic rings. The van der Waals surface area contributed by atoms with Gasteiger partial charge in [-0.2, -0.15) is 13.2 Å². The van der Waals surface area contributed by atoms with E-state index >= 15 is 0 Å². The van der Waals surface area contributed by atoms with Crippen LogP contribution >= 0.6 is 0 Å². The summed E-state index contributed by atoms with van der Waals surface area (Å²) in [6, 6.07) is 7.74. The predicted octanol–water partition coefficient (Wildman–Crippen LogP) is 4.21. The van der Waals surface area contributed by atoms with Gasteiger partial charge < -0.3 is 10.6 Å². The molecule has 11 heteroatoms. The van der Waals surface area contributed by atoms with Crippen molar-refractivity contribution >= 4 is 17.4 Å². The number of aromatic nitrogens is 4. The van der Waals surface area contributed by atoms with Gasteiger partial charge in [0.25, 0.3) is 5.91 Å². The summed E-state index contributed by atoms with van der Waals surface area (Å²) in [4.78, 5) is 25.9. The summed E-state index contributed by atoms with van der Waals surface area (Å²) in [5.41, 5.74) is 5.88. The van der Waals surface area contributed by atoms with E-state index in [1.165, 1.54) is 60.8 Å². The smallest absolute Gasteiger partial charge is 0.381 e. The fourth-order valence-corrected chi connectivity index (χ4v) is 3.46. The van der Waals surface area contributed by atoms with E-state index < -0.39 is 23.6 Å². The van der Waals surface area contributed by atoms with Gasteiger partial charge in [-0.15, -0.1) is 0 Å². The number of imidazole rings is 1. The quantitative estimate of drug-likeness (QED) is 0.465. The molecular formula is C22H18F4N6O. The van der Waals surface area contributed by atoms with Crippen LogP contribution in [0.15, 0.2) is 42.6 Å². The Morgan fingerprint density at radius 2 is 1.79 bits per heavy atom. The van der Waals surface area contributed by atoms with Crippen LogP contribution in [0.2, 0.25) is 0 Å². The molecule has 0 fully saturated rings. The maximum absolute atomic E-state index is 14.0. The number of carbonyl (C=O) groups is 1. The van der Waals surface area contributed by atoms with Crippen molar-refractivity contribution < 1.29 is 22.4 Å². The van der Waals surface area contributed by atoms with E-state index in [-0.39, 0.29) is 45.4 Å². The zero-order chi connectivity index (χ0) is 24.1. The lowest BCUT2D eigenvalue weighted by atomic mass is 10.0. The zero-order valence-electron chi connectivity index (χ0n) is 17.8. The molecule has 33 heavy (non-hydrogen) atoms. The highest BCUT2D eigenvalue weighted by atomic mass is 19.4. The number of aryl methyl sites for hydroxylation is 1. The molecule has 0 unspecified atom stereocenters. The zero-order valence-corrected chi connectivity index (χ0v) is 17.8. The van der Waals surface area contributed by atoms with Crippen molar-refractivity contribution in [3.63, 3.8) is 0 Å². The minimum Gasteiger partial charge on any atom is -0.381 e. The van der Waals surface area contributed by atoms with Crippen LogP contribution in [0.4, 0.5) is 23.4 Å². The molecule has 0 spiro atoms. The Morgan fingerprint density at radius 3 is 2.42 bits per heavy atom. The molecule has 0 atom stereocenters. The summed E-state index contributed by atoms with van der Waals surface area (Å²) in [5, 5.41) is 0. The second kappa shape index (κ2) is 7.84. The van der Waals surface area contributed by atoms with Crippen molar-refractivity contribution in [2.24, 2.45) is 0 Å². The summed E-state index contributed by atoms with van der Waals surface area (Å²) in [5.74, 6) is -1.06. The SMILES string of the molecule is Cc1cc(-c2c(-c3cccc(F)c3)nc(N)c3nc(C(=O)N(C)C)cn23)cc(C(F)(F)F)n1. The number of fused-ring (bicyclic) bond motifs is 1. The lowest BCUT2D eigenvalue weighted by molar-refractivity contribution is -0.141. The lowest BCUT2D eigenvalue weighted by Crippen LogP contribution is -2.21. The van der Waals surface area contributed by atoms with Crippen molar-refractivity contribution in [1.82, 2.24) is 24.3 Å². The van der Waals surface area contributed by atoms with E-state index in [1.54, 1.807) is 6.07 Å². The van der Waals surface area contributed by atoms with Crippen molar-refractivity contribution in [2.75, 3.05) is 19.8 Å². The van der Waals surface area contributed by atoms with Crippen LogP contribution in [0.3, 0.4) is 0 Å². The number of anilines is 1. The summed E-state index contributed by atoms with van der Waals surface area (Å²) >= 11 is 0. The molecule has 0 radical (unpaired) electrons. The number of carbonyl (C=O) groups excluding carboxylic acids is 1. The monoisotopic (exact) mass is 458 g/mol. The van der Waals surface area contributed by atoms with Gasteiger partial charge >= 0.3 is 6.18 Å². The van der Waals surface area contributed by atoms with Crippen LogP contribution in [0.25, 0.3) is 28.2 Å². The number of rotatable bonds is 3. The molecular weight excluding hydrogens is 440 g/mol. The molecule has 3 heterocycles. The number of halogens is 4. The average molecular weight is 458 g/mol. The fraction of sp³-hybridized carbons (Fsp3) is 0.182.